The maximum absolute atomic E-state index is 14.6. The van der Waals surface area contributed by atoms with Gasteiger partial charge in [0, 0.05) is 28.2 Å². The molecule has 9 heteroatoms. The molecule has 0 bridgehead atoms. The van der Waals surface area contributed by atoms with E-state index < -0.39 is 11.7 Å². The Morgan fingerprint density at radius 3 is 2.79 bits per heavy atom. The first-order valence-corrected chi connectivity index (χ1v) is 12.2. The van der Waals surface area contributed by atoms with E-state index >= 15 is 0 Å². The summed E-state index contributed by atoms with van der Waals surface area (Å²) in [5, 5.41) is 6.60. The average Bonchev–Trinajstić information content (AvgIpc) is 2.84. The molecule has 0 unspecified atom stereocenters. The molecule has 1 amide bonds. The maximum Gasteiger partial charge on any atom is 0.284 e. The maximum atomic E-state index is 14.6. The van der Waals surface area contributed by atoms with Gasteiger partial charge in [-0.2, -0.15) is 0 Å². The van der Waals surface area contributed by atoms with Gasteiger partial charge >= 0.3 is 0 Å². The molecule has 1 aliphatic rings. The lowest BCUT2D eigenvalue weighted by molar-refractivity contribution is -0.114. The predicted molar refractivity (Wildman–Crippen MR) is 136 cm³/mol. The van der Waals surface area contributed by atoms with Crippen molar-refractivity contribution in [2.45, 2.75) is 26.2 Å². The number of nitrogens with one attached hydrogen (secondary N) is 2. The molecular weight excluding hydrogens is 501 g/mol. The van der Waals surface area contributed by atoms with Crippen molar-refractivity contribution in [3.8, 4) is 5.75 Å². The van der Waals surface area contributed by atoms with Crippen LogP contribution in [0.3, 0.4) is 0 Å². The third-order valence-electron chi connectivity index (χ3n) is 5.57. The van der Waals surface area contributed by atoms with Crippen LogP contribution in [0.2, 0.25) is 0 Å². The predicted octanol–water partition coefficient (Wildman–Crippen LogP) is 5.81. The zero-order chi connectivity index (χ0) is 23.9. The Kier molecular flexibility index (Phi) is 8.08. The van der Waals surface area contributed by atoms with Crippen molar-refractivity contribution in [1.82, 2.24) is 14.9 Å². The molecule has 4 rings (SSSR count). The van der Waals surface area contributed by atoms with Crippen molar-refractivity contribution in [1.29, 1.82) is 0 Å². The van der Waals surface area contributed by atoms with Gasteiger partial charge in [0.25, 0.3) is 5.91 Å². The number of hydrogen-bond donors (Lipinski definition) is 2. The number of nitrogens with zero attached hydrogens (tertiary/aromatic N) is 3. The number of rotatable bonds is 8. The second kappa shape index (κ2) is 11.4. The lowest BCUT2D eigenvalue weighted by Gasteiger charge is -2.24. The van der Waals surface area contributed by atoms with Crippen LogP contribution in [-0.4, -0.2) is 47.0 Å². The molecule has 1 fully saturated rings. The van der Waals surface area contributed by atoms with Crippen molar-refractivity contribution < 1.29 is 13.9 Å². The fourth-order valence-electron chi connectivity index (χ4n) is 3.89. The van der Waals surface area contributed by atoms with E-state index in [-0.39, 0.29) is 0 Å². The third-order valence-corrected chi connectivity index (χ3v) is 6.06. The first-order chi connectivity index (χ1) is 16.5. The van der Waals surface area contributed by atoms with Gasteiger partial charge in [-0.05, 0) is 63.2 Å². The van der Waals surface area contributed by atoms with Gasteiger partial charge in [0.2, 0.25) is 0 Å². The van der Waals surface area contributed by atoms with Crippen LogP contribution in [0.15, 0.2) is 59.1 Å². The minimum atomic E-state index is -0.815. The lowest BCUT2D eigenvalue weighted by atomic mass is 10.1. The van der Waals surface area contributed by atoms with Gasteiger partial charge in [-0.15, -0.1) is 0 Å². The van der Waals surface area contributed by atoms with Gasteiger partial charge < -0.3 is 15.4 Å². The number of halogens is 2. The fraction of sp³-hybridized carbons (Fsp3) is 0.320. The number of fused-ring (bicyclic) bond motifs is 1. The summed E-state index contributed by atoms with van der Waals surface area (Å²) < 4.78 is 21.2. The summed E-state index contributed by atoms with van der Waals surface area (Å²) >= 11 is 3.46. The van der Waals surface area contributed by atoms with Crippen molar-refractivity contribution in [3.63, 3.8) is 0 Å². The molecule has 1 saturated heterocycles. The van der Waals surface area contributed by atoms with Gasteiger partial charge in [0.1, 0.15) is 17.9 Å². The fourth-order valence-corrected chi connectivity index (χ4v) is 4.28. The van der Waals surface area contributed by atoms with Gasteiger partial charge in [0.15, 0.2) is 5.83 Å². The molecular formula is C25H27BrFN5O2. The van der Waals surface area contributed by atoms with Crippen LogP contribution < -0.4 is 15.4 Å². The normalized spacial score (nSPS) is 14.7. The van der Waals surface area contributed by atoms with E-state index in [1.165, 1.54) is 18.8 Å². The standard InChI is InChI=1S/C25H27BrFN5O2/c1-2-34-23-15-21-19(24(29-16-28-21)30-18-8-6-7-17(26)13-18)14-22(23)31-25(33)20(27)9-12-32-10-4-3-5-11-32/h6-9,13-16H,2-5,10-12H2,1H3,(H,31,33)(H,28,29,30)/b20-9-. The molecule has 34 heavy (non-hydrogen) atoms. The zero-order valence-electron chi connectivity index (χ0n) is 19.0. The third kappa shape index (κ3) is 6.09. The minimum Gasteiger partial charge on any atom is -0.492 e. The summed E-state index contributed by atoms with van der Waals surface area (Å²) in [5.41, 5.74) is 1.82. The second-order valence-electron chi connectivity index (χ2n) is 8.02. The second-order valence-corrected chi connectivity index (χ2v) is 8.94. The average molecular weight is 528 g/mol. The molecule has 3 aromatic rings. The Morgan fingerprint density at radius 1 is 1.21 bits per heavy atom. The first kappa shape index (κ1) is 24.1. The number of hydrogen-bond acceptors (Lipinski definition) is 6. The summed E-state index contributed by atoms with van der Waals surface area (Å²) in [6, 6.07) is 11.1. The highest BCUT2D eigenvalue weighted by atomic mass is 79.9. The van der Waals surface area contributed by atoms with Crippen LogP contribution in [0.25, 0.3) is 10.9 Å². The summed E-state index contributed by atoms with van der Waals surface area (Å²) in [7, 11) is 0. The largest absolute Gasteiger partial charge is 0.492 e. The van der Waals surface area contributed by atoms with Crippen LogP contribution in [0, 0.1) is 0 Å². The van der Waals surface area contributed by atoms with E-state index in [0.717, 1.165) is 36.1 Å². The Bertz CT molecular complexity index is 1200. The van der Waals surface area contributed by atoms with E-state index in [1.807, 2.05) is 31.2 Å². The van der Waals surface area contributed by atoms with Crippen LogP contribution in [0.5, 0.6) is 5.75 Å². The topological polar surface area (TPSA) is 79.4 Å². The van der Waals surface area contributed by atoms with Gasteiger partial charge in [-0.3, -0.25) is 9.69 Å². The van der Waals surface area contributed by atoms with Gasteiger partial charge in [-0.1, -0.05) is 28.4 Å². The summed E-state index contributed by atoms with van der Waals surface area (Å²) in [6.07, 6.45) is 6.21. The van der Waals surface area contributed by atoms with E-state index in [4.69, 9.17) is 4.74 Å². The summed E-state index contributed by atoms with van der Waals surface area (Å²) in [4.78, 5) is 23.5. The van der Waals surface area contributed by atoms with E-state index in [9.17, 15) is 9.18 Å². The number of anilines is 3. The Labute approximate surface area is 206 Å². The molecule has 0 atom stereocenters. The van der Waals surface area contributed by atoms with Crippen LogP contribution in [0.4, 0.5) is 21.6 Å². The smallest absolute Gasteiger partial charge is 0.284 e. The molecule has 0 radical (unpaired) electrons. The zero-order valence-corrected chi connectivity index (χ0v) is 20.6. The lowest BCUT2D eigenvalue weighted by Crippen LogP contribution is -2.30. The highest BCUT2D eigenvalue weighted by Gasteiger charge is 2.17. The highest BCUT2D eigenvalue weighted by molar-refractivity contribution is 9.10. The van der Waals surface area contributed by atoms with Crippen molar-refractivity contribution in [2.24, 2.45) is 0 Å². The molecule has 178 valence electrons. The number of carbonyl (C=O) groups excluding carboxylic acids is 1. The van der Waals surface area contributed by atoms with E-state index in [2.05, 4.69) is 41.4 Å². The van der Waals surface area contributed by atoms with Gasteiger partial charge in [-0.25, -0.2) is 14.4 Å². The SMILES string of the molecule is CCOc1cc2ncnc(Nc3cccc(Br)c3)c2cc1NC(=O)/C(F)=C/CN1CCCCC1. The molecule has 1 aromatic heterocycles. The Hall–Kier alpha value is -3.04. The van der Waals surface area contributed by atoms with Crippen LogP contribution in [0.1, 0.15) is 26.2 Å². The number of likely N-dealkylation sites (tertiary alicyclic amines) is 1. The molecule has 2 N–H and O–H groups in total. The quantitative estimate of drug-likeness (QED) is 0.359. The summed E-state index contributed by atoms with van der Waals surface area (Å²) in [5.74, 6) is -0.650. The number of piperidine rings is 1. The number of ether oxygens (including phenoxy) is 1. The molecule has 1 aliphatic heterocycles. The molecule has 2 heterocycles. The van der Waals surface area contributed by atoms with Crippen LogP contribution in [-0.2, 0) is 4.79 Å². The number of aromatic nitrogens is 2. The number of benzene rings is 2. The molecule has 2 aromatic carbocycles. The van der Waals surface area contributed by atoms with Crippen molar-refractivity contribution in [2.75, 3.05) is 36.9 Å². The first-order valence-electron chi connectivity index (χ1n) is 11.4. The molecule has 7 nitrogen and oxygen atoms in total. The van der Waals surface area contributed by atoms with Crippen LogP contribution >= 0.6 is 15.9 Å². The molecule has 0 aliphatic carbocycles. The van der Waals surface area contributed by atoms with Gasteiger partial charge in [0.05, 0.1) is 17.8 Å². The Balaban J connectivity index is 1.59. The summed E-state index contributed by atoms with van der Waals surface area (Å²) in [6.45, 7) is 4.51. The number of carbonyl (C=O) groups is 1. The van der Waals surface area contributed by atoms with E-state index in [1.54, 1.807) is 12.1 Å². The molecule has 0 spiro atoms. The highest BCUT2D eigenvalue weighted by Crippen LogP contribution is 2.34. The number of amides is 1. The Morgan fingerprint density at radius 2 is 2.03 bits per heavy atom. The monoisotopic (exact) mass is 527 g/mol. The van der Waals surface area contributed by atoms with Crippen molar-refractivity contribution >= 4 is 49.9 Å². The van der Waals surface area contributed by atoms with E-state index in [0.29, 0.717) is 41.3 Å². The minimum absolute atomic E-state index is 0.355. The molecule has 0 saturated carbocycles. The van der Waals surface area contributed by atoms with Crippen molar-refractivity contribution in [3.05, 3.63) is 59.1 Å².